The average molecular weight is 246 g/mol. The van der Waals surface area contributed by atoms with Gasteiger partial charge in [0.1, 0.15) is 0 Å². The predicted molar refractivity (Wildman–Crippen MR) is 72.2 cm³/mol. The Bertz CT molecular complexity index is 390. The molecule has 0 saturated carbocycles. The first-order chi connectivity index (χ1) is 8.85. The van der Waals surface area contributed by atoms with Crippen molar-refractivity contribution in [3.63, 3.8) is 0 Å². The number of hydrogen-bond donors (Lipinski definition) is 1. The molecule has 2 fully saturated rings. The lowest BCUT2D eigenvalue weighted by molar-refractivity contribution is 0.0994. The van der Waals surface area contributed by atoms with Crippen LogP contribution in [0.1, 0.15) is 24.0 Å². The number of rotatable bonds is 3. The van der Waals surface area contributed by atoms with Crippen molar-refractivity contribution < 1.29 is 5.11 Å². The van der Waals surface area contributed by atoms with Gasteiger partial charge in [-0.1, -0.05) is 24.3 Å². The Hall–Kier alpha value is -0.900. The van der Waals surface area contributed by atoms with E-state index in [1.54, 1.807) is 0 Å². The van der Waals surface area contributed by atoms with Crippen molar-refractivity contribution in [2.24, 2.45) is 0 Å². The van der Waals surface area contributed by atoms with E-state index >= 15 is 0 Å². The molecule has 0 bridgehead atoms. The molecule has 3 rings (SSSR count). The minimum atomic E-state index is 0.140. The summed E-state index contributed by atoms with van der Waals surface area (Å²) in [7, 11) is 0. The molecule has 0 radical (unpaired) electrons. The second-order valence-corrected chi connectivity index (χ2v) is 5.54. The Balaban J connectivity index is 1.58. The zero-order valence-corrected chi connectivity index (χ0v) is 10.9. The van der Waals surface area contributed by atoms with Gasteiger partial charge in [-0.2, -0.15) is 0 Å². The number of fused-ring (bicyclic) bond motifs is 1. The van der Waals surface area contributed by atoms with Crippen molar-refractivity contribution in [1.29, 1.82) is 0 Å². The van der Waals surface area contributed by atoms with E-state index in [0.29, 0.717) is 0 Å². The molecule has 2 aliphatic heterocycles. The fourth-order valence-electron chi connectivity index (χ4n) is 3.21. The summed E-state index contributed by atoms with van der Waals surface area (Å²) < 4.78 is 0. The van der Waals surface area contributed by atoms with Crippen LogP contribution < -0.4 is 0 Å². The van der Waals surface area contributed by atoms with Gasteiger partial charge in [0.2, 0.25) is 0 Å². The number of aliphatic hydroxyl groups is 1. The second-order valence-electron chi connectivity index (χ2n) is 5.54. The molecular formula is C15H22N2O. The molecule has 0 amide bonds. The van der Waals surface area contributed by atoms with Crippen LogP contribution in [0.3, 0.4) is 0 Å². The summed E-state index contributed by atoms with van der Waals surface area (Å²) >= 11 is 0. The average Bonchev–Trinajstić information content (AvgIpc) is 2.87. The molecule has 3 heteroatoms. The second kappa shape index (κ2) is 5.39. The molecule has 0 aliphatic carbocycles. The third-order valence-electron chi connectivity index (χ3n) is 4.28. The number of nitrogens with zero attached hydrogens (tertiary/aromatic N) is 2. The summed E-state index contributed by atoms with van der Waals surface area (Å²) in [6.45, 7) is 6.15. The maximum Gasteiger partial charge on any atom is 0.0681 e. The molecule has 1 unspecified atom stereocenters. The van der Waals surface area contributed by atoms with Crippen molar-refractivity contribution in [3.05, 3.63) is 35.4 Å². The van der Waals surface area contributed by atoms with Gasteiger partial charge in [-0.15, -0.1) is 0 Å². The highest BCUT2D eigenvalue weighted by molar-refractivity contribution is 5.22. The van der Waals surface area contributed by atoms with Gasteiger partial charge in [-0.3, -0.25) is 9.80 Å². The maximum absolute atomic E-state index is 9.04. The number of piperazine rings is 1. The van der Waals surface area contributed by atoms with E-state index in [4.69, 9.17) is 5.11 Å². The van der Waals surface area contributed by atoms with Crippen molar-refractivity contribution in [1.82, 2.24) is 9.80 Å². The Morgan fingerprint density at radius 3 is 2.61 bits per heavy atom. The van der Waals surface area contributed by atoms with E-state index in [9.17, 15) is 0 Å². The number of benzene rings is 1. The van der Waals surface area contributed by atoms with Gasteiger partial charge in [-0.25, -0.2) is 0 Å². The summed E-state index contributed by atoms with van der Waals surface area (Å²) in [4.78, 5) is 5.21. The SMILES string of the molecule is OCc1ccc(CN2CCN3CCCC3C2)cc1. The van der Waals surface area contributed by atoms with Gasteiger partial charge in [0.25, 0.3) is 0 Å². The van der Waals surface area contributed by atoms with E-state index in [1.165, 1.54) is 44.6 Å². The van der Waals surface area contributed by atoms with Crippen LogP contribution in [0.4, 0.5) is 0 Å². The van der Waals surface area contributed by atoms with Crippen LogP contribution in [0.2, 0.25) is 0 Å². The molecule has 18 heavy (non-hydrogen) atoms. The lowest BCUT2D eigenvalue weighted by atomic mass is 10.1. The minimum Gasteiger partial charge on any atom is -0.392 e. The van der Waals surface area contributed by atoms with Crippen molar-refractivity contribution in [3.8, 4) is 0 Å². The highest BCUT2D eigenvalue weighted by atomic mass is 16.3. The van der Waals surface area contributed by atoms with Crippen molar-refractivity contribution in [2.75, 3.05) is 26.2 Å². The lowest BCUT2D eigenvalue weighted by Gasteiger charge is -2.37. The van der Waals surface area contributed by atoms with Crippen LogP contribution in [-0.4, -0.2) is 47.1 Å². The Kier molecular flexibility index (Phi) is 3.64. The van der Waals surface area contributed by atoms with E-state index in [0.717, 1.165) is 18.2 Å². The van der Waals surface area contributed by atoms with Crippen LogP contribution in [0.15, 0.2) is 24.3 Å². The molecule has 1 aromatic carbocycles. The van der Waals surface area contributed by atoms with E-state index in [-0.39, 0.29) is 6.61 Å². The van der Waals surface area contributed by atoms with Crippen LogP contribution in [0, 0.1) is 0 Å². The van der Waals surface area contributed by atoms with E-state index in [1.807, 2.05) is 12.1 Å². The molecule has 1 atom stereocenters. The molecule has 2 aliphatic rings. The third kappa shape index (κ3) is 2.58. The van der Waals surface area contributed by atoms with Gasteiger partial charge in [-0.05, 0) is 30.5 Å². The van der Waals surface area contributed by atoms with Crippen LogP contribution in [0.5, 0.6) is 0 Å². The van der Waals surface area contributed by atoms with Crippen molar-refractivity contribution in [2.45, 2.75) is 32.0 Å². The summed E-state index contributed by atoms with van der Waals surface area (Å²) in [5, 5.41) is 9.04. The van der Waals surface area contributed by atoms with E-state index < -0.39 is 0 Å². The number of aliphatic hydroxyl groups excluding tert-OH is 1. The lowest BCUT2D eigenvalue weighted by Crippen LogP contribution is -2.49. The van der Waals surface area contributed by atoms with Gasteiger partial charge in [0.15, 0.2) is 0 Å². The minimum absolute atomic E-state index is 0.140. The molecule has 0 aromatic heterocycles. The van der Waals surface area contributed by atoms with Crippen LogP contribution in [0.25, 0.3) is 0 Å². The standard InChI is InChI=1S/C15H22N2O/c18-12-14-5-3-13(4-6-14)10-16-8-9-17-7-1-2-15(17)11-16/h3-6,15,18H,1-2,7-12H2. The van der Waals surface area contributed by atoms with Crippen LogP contribution >= 0.6 is 0 Å². The molecule has 98 valence electrons. The highest BCUT2D eigenvalue weighted by Gasteiger charge is 2.30. The third-order valence-corrected chi connectivity index (χ3v) is 4.28. The summed E-state index contributed by atoms with van der Waals surface area (Å²) in [5.74, 6) is 0. The monoisotopic (exact) mass is 246 g/mol. The molecule has 2 heterocycles. The molecule has 0 spiro atoms. The van der Waals surface area contributed by atoms with E-state index in [2.05, 4.69) is 21.9 Å². The molecule has 2 saturated heterocycles. The maximum atomic E-state index is 9.04. The normalized spacial score (nSPS) is 25.3. The fraction of sp³-hybridized carbons (Fsp3) is 0.600. The van der Waals surface area contributed by atoms with Crippen molar-refractivity contribution >= 4 is 0 Å². The predicted octanol–water partition coefficient (Wildman–Crippen LogP) is 1.46. The van der Waals surface area contributed by atoms with Gasteiger partial charge in [0, 0.05) is 32.2 Å². The first-order valence-corrected chi connectivity index (χ1v) is 7.00. The largest absolute Gasteiger partial charge is 0.392 e. The molecule has 1 aromatic rings. The Labute approximate surface area is 109 Å². The first-order valence-electron chi connectivity index (χ1n) is 7.00. The molecule has 3 nitrogen and oxygen atoms in total. The number of hydrogen-bond acceptors (Lipinski definition) is 3. The van der Waals surface area contributed by atoms with Crippen LogP contribution in [-0.2, 0) is 13.2 Å². The Morgan fingerprint density at radius 1 is 1.06 bits per heavy atom. The zero-order chi connectivity index (χ0) is 12.4. The smallest absolute Gasteiger partial charge is 0.0681 e. The Morgan fingerprint density at radius 2 is 1.83 bits per heavy atom. The molecular weight excluding hydrogens is 224 g/mol. The summed E-state index contributed by atoms with van der Waals surface area (Å²) in [5.41, 5.74) is 2.36. The zero-order valence-electron chi connectivity index (χ0n) is 10.9. The fourth-order valence-corrected chi connectivity index (χ4v) is 3.21. The van der Waals surface area contributed by atoms with Gasteiger partial charge in [0.05, 0.1) is 6.61 Å². The quantitative estimate of drug-likeness (QED) is 0.874. The van der Waals surface area contributed by atoms with Gasteiger partial charge >= 0.3 is 0 Å². The molecule has 1 N–H and O–H groups in total. The highest BCUT2D eigenvalue weighted by Crippen LogP contribution is 2.22. The topological polar surface area (TPSA) is 26.7 Å². The van der Waals surface area contributed by atoms with Gasteiger partial charge < -0.3 is 5.11 Å². The summed E-state index contributed by atoms with van der Waals surface area (Å²) in [6, 6.07) is 9.15. The summed E-state index contributed by atoms with van der Waals surface area (Å²) in [6.07, 6.45) is 2.75. The first kappa shape index (κ1) is 12.2.